The summed E-state index contributed by atoms with van der Waals surface area (Å²) >= 11 is 11.1. The maximum atomic E-state index is 13.5. The van der Waals surface area contributed by atoms with E-state index in [4.69, 9.17) is 4.55 Å². The molecule has 1 N–H and O–H groups in total. The molecule has 0 atom stereocenters. The Morgan fingerprint density at radius 1 is 0.852 bits per heavy atom. The van der Waals surface area contributed by atoms with Crippen LogP contribution in [0.4, 0.5) is 35.1 Å². The average Bonchev–Trinajstić information content (AvgIpc) is 2.31. The van der Waals surface area contributed by atoms with Gasteiger partial charge in [-0.3, -0.25) is 4.55 Å². The highest BCUT2D eigenvalue weighted by Gasteiger charge is 2.57. The monoisotopic (exact) mass is 532 g/mol. The van der Waals surface area contributed by atoms with Crippen molar-refractivity contribution in [2.24, 2.45) is 0 Å². The van der Waals surface area contributed by atoms with Crippen LogP contribution < -0.4 is 0 Å². The second-order valence-electron chi connectivity index (χ2n) is 5.29. The zero-order valence-corrected chi connectivity index (χ0v) is 16.3. The predicted octanol–water partition coefficient (Wildman–Crippen LogP) is 5.71. The molecule has 1 rings (SSSR count). The lowest BCUT2D eigenvalue weighted by atomic mass is 10.00. The zero-order chi connectivity index (χ0) is 21.6. The Morgan fingerprint density at radius 3 is 1.37 bits per heavy atom. The molecule has 27 heavy (non-hydrogen) atoms. The largest absolute Gasteiger partial charge is 0.384 e. The molecule has 0 saturated carbocycles. The van der Waals surface area contributed by atoms with E-state index in [0.29, 0.717) is 12.1 Å². The standard InChI is InChI=1S/C12H7BrCl2F8O3S/c13-7-1-5(3-9(16,17)11(14,20)21)8(27(24,25)26)6(2-7)4-10(18,19)12(15,22)23/h1-2H,3-4H2,(H,24,25,26). The van der Waals surface area contributed by atoms with Gasteiger partial charge in [-0.1, -0.05) is 15.9 Å². The summed E-state index contributed by atoms with van der Waals surface area (Å²) in [5.41, 5.74) is -2.53. The van der Waals surface area contributed by atoms with Crippen molar-refractivity contribution in [3.8, 4) is 0 Å². The molecule has 0 radical (unpaired) electrons. The fourth-order valence-corrected chi connectivity index (χ4v) is 3.60. The Labute approximate surface area is 165 Å². The second kappa shape index (κ2) is 7.47. The van der Waals surface area contributed by atoms with E-state index in [1.165, 1.54) is 0 Å². The van der Waals surface area contributed by atoms with Crippen molar-refractivity contribution >= 4 is 49.2 Å². The molecule has 0 amide bonds. The Morgan fingerprint density at radius 2 is 1.15 bits per heavy atom. The van der Waals surface area contributed by atoms with Gasteiger partial charge in [-0.2, -0.15) is 43.5 Å². The minimum absolute atomic E-state index is 0.401. The van der Waals surface area contributed by atoms with Crippen LogP contribution in [0.1, 0.15) is 11.1 Å². The van der Waals surface area contributed by atoms with E-state index in [-0.39, 0.29) is 0 Å². The Kier molecular flexibility index (Phi) is 6.82. The molecule has 1 aromatic rings. The van der Waals surface area contributed by atoms with Crippen LogP contribution >= 0.6 is 39.1 Å². The third kappa shape index (κ3) is 5.81. The molecular weight excluding hydrogens is 527 g/mol. The van der Waals surface area contributed by atoms with E-state index in [2.05, 4.69) is 39.1 Å². The Hall–Kier alpha value is -0.370. The first kappa shape index (κ1) is 24.7. The predicted molar refractivity (Wildman–Crippen MR) is 82.9 cm³/mol. The van der Waals surface area contributed by atoms with Gasteiger partial charge in [0, 0.05) is 17.3 Å². The van der Waals surface area contributed by atoms with E-state index >= 15 is 0 Å². The van der Waals surface area contributed by atoms with E-state index in [0.717, 1.165) is 0 Å². The van der Waals surface area contributed by atoms with Gasteiger partial charge in [-0.05, 0) is 46.5 Å². The molecule has 0 spiro atoms. The summed E-state index contributed by atoms with van der Waals surface area (Å²) < 4.78 is 137. The van der Waals surface area contributed by atoms with Gasteiger partial charge in [-0.15, -0.1) is 0 Å². The van der Waals surface area contributed by atoms with Gasteiger partial charge in [0.2, 0.25) is 0 Å². The van der Waals surface area contributed by atoms with Crippen molar-refractivity contribution in [2.75, 3.05) is 0 Å². The van der Waals surface area contributed by atoms with Crippen LogP contribution in [0.5, 0.6) is 0 Å². The average molecular weight is 534 g/mol. The molecule has 0 aromatic heterocycles. The van der Waals surface area contributed by atoms with Gasteiger partial charge in [0.1, 0.15) is 4.90 Å². The molecule has 0 aliphatic rings. The number of benzene rings is 1. The molecular formula is C12H7BrCl2F8O3S. The number of hydrogen-bond donors (Lipinski definition) is 1. The summed E-state index contributed by atoms with van der Waals surface area (Å²) in [6, 6.07) is 1.00. The van der Waals surface area contributed by atoms with Gasteiger partial charge >= 0.3 is 22.6 Å². The first-order valence-corrected chi connectivity index (χ1v) is 9.36. The summed E-state index contributed by atoms with van der Waals surface area (Å²) in [7, 11) is -5.58. The lowest BCUT2D eigenvalue weighted by Crippen LogP contribution is -2.39. The zero-order valence-electron chi connectivity index (χ0n) is 12.4. The highest BCUT2D eigenvalue weighted by atomic mass is 79.9. The summed E-state index contributed by atoms with van der Waals surface area (Å²) in [6.07, 6.45) is -4.23. The van der Waals surface area contributed by atoms with E-state index in [1.807, 2.05) is 0 Å². The smallest absolute Gasteiger partial charge is 0.282 e. The number of rotatable bonds is 7. The molecule has 156 valence electrons. The van der Waals surface area contributed by atoms with Crippen molar-refractivity contribution in [1.29, 1.82) is 0 Å². The molecule has 1 aromatic carbocycles. The SMILES string of the molecule is O=S(=O)(O)c1c(CC(F)(F)C(F)(F)Cl)cc(Br)cc1CC(F)(F)C(F)(F)Cl. The van der Waals surface area contributed by atoms with Crippen molar-refractivity contribution in [3.63, 3.8) is 0 Å². The lowest BCUT2D eigenvalue weighted by Gasteiger charge is -2.25. The van der Waals surface area contributed by atoms with E-state index in [9.17, 15) is 43.5 Å². The maximum Gasteiger partial charge on any atom is 0.384 e. The first-order valence-electron chi connectivity index (χ1n) is 6.37. The highest BCUT2D eigenvalue weighted by Crippen LogP contribution is 2.44. The molecule has 0 unspecified atom stereocenters. The van der Waals surface area contributed by atoms with Crippen LogP contribution in [0.15, 0.2) is 21.5 Å². The van der Waals surface area contributed by atoms with Crippen molar-refractivity contribution in [1.82, 2.24) is 0 Å². The van der Waals surface area contributed by atoms with Crippen molar-refractivity contribution in [2.45, 2.75) is 40.3 Å². The molecule has 0 bridgehead atoms. The summed E-state index contributed by atoms with van der Waals surface area (Å²) in [4.78, 5) is -1.66. The number of alkyl halides is 10. The third-order valence-corrected chi connectivity index (χ3v) is 5.17. The molecule has 3 nitrogen and oxygen atoms in total. The van der Waals surface area contributed by atoms with Crippen LogP contribution in [0, 0.1) is 0 Å². The minimum atomic E-state index is -5.58. The summed E-state index contributed by atoms with van der Waals surface area (Å²) in [5.74, 6) is -10.2. The number of halogens is 11. The van der Waals surface area contributed by atoms with Gasteiger partial charge in [0.25, 0.3) is 10.1 Å². The van der Waals surface area contributed by atoms with Gasteiger partial charge in [0.15, 0.2) is 0 Å². The van der Waals surface area contributed by atoms with Crippen LogP contribution in [-0.4, -0.2) is 35.6 Å². The maximum absolute atomic E-state index is 13.5. The third-order valence-electron chi connectivity index (χ3n) is 3.12. The van der Waals surface area contributed by atoms with E-state index < -0.39 is 66.1 Å². The molecule has 0 aliphatic carbocycles. The van der Waals surface area contributed by atoms with Crippen LogP contribution in [0.3, 0.4) is 0 Å². The normalized spacial score (nSPS) is 14.5. The van der Waals surface area contributed by atoms with Crippen LogP contribution in [0.2, 0.25) is 0 Å². The van der Waals surface area contributed by atoms with Crippen molar-refractivity contribution < 1.29 is 48.1 Å². The molecule has 0 heterocycles. The van der Waals surface area contributed by atoms with Crippen LogP contribution in [0.25, 0.3) is 0 Å². The Balaban J connectivity index is 3.67. The Bertz CT molecular complexity index is 772. The quantitative estimate of drug-likeness (QED) is 0.277. The first-order chi connectivity index (χ1) is 11.7. The lowest BCUT2D eigenvalue weighted by molar-refractivity contribution is -0.157. The van der Waals surface area contributed by atoms with Gasteiger partial charge in [-0.25, -0.2) is 0 Å². The van der Waals surface area contributed by atoms with E-state index in [1.54, 1.807) is 0 Å². The summed E-state index contributed by atoms with van der Waals surface area (Å²) in [6.45, 7) is 0. The second-order valence-corrected chi connectivity index (χ2v) is 8.51. The summed E-state index contributed by atoms with van der Waals surface area (Å²) in [5, 5.41) is -10.3. The molecule has 0 aliphatic heterocycles. The van der Waals surface area contributed by atoms with Gasteiger partial charge < -0.3 is 0 Å². The highest BCUT2D eigenvalue weighted by molar-refractivity contribution is 9.10. The fourth-order valence-electron chi connectivity index (χ4n) is 1.98. The van der Waals surface area contributed by atoms with Crippen LogP contribution in [-0.2, 0) is 23.0 Å². The van der Waals surface area contributed by atoms with Crippen molar-refractivity contribution in [3.05, 3.63) is 27.7 Å². The molecule has 15 heteroatoms. The molecule has 0 saturated heterocycles. The topological polar surface area (TPSA) is 54.4 Å². The minimum Gasteiger partial charge on any atom is -0.282 e. The number of hydrogen-bond acceptors (Lipinski definition) is 2. The fraction of sp³-hybridized carbons (Fsp3) is 0.500. The van der Waals surface area contributed by atoms with Gasteiger partial charge in [0.05, 0.1) is 0 Å². The molecule has 0 fully saturated rings.